The molecule has 0 aliphatic carbocycles. The molecular weight excluding hydrogens is 467 g/mol. The number of nitrogens with zero attached hydrogens (tertiary/aromatic N) is 1. The van der Waals surface area contributed by atoms with Crippen molar-refractivity contribution < 1.29 is 13.2 Å². The van der Waals surface area contributed by atoms with Crippen molar-refractivity contribution in [1.82, 2.24) is 5.32 Å². The van der Waals surface area contributed by atoms with Gasteiger partial charge < -0.3 is 5.32 Å². The maximum Gasteiger partial charge on any atom is 0.264 e. The van der Waals surface area contributed by atoms with Crippen molar-refractivity contribution in [3.8, 4) is 0 Å². The first-order chi connectivity index (χ1) is 15.3. The molecule has 5 nitrogen and oxygen atoms in total. The molecule has 32 heavy (non-hydrogen) atoms. The van der Waals surface area contributed by atoms with Crippen LogP contribution in [0.3, 0.4) is 0 Å². The molecule has 3 aromatic rings. The Labute approximate surface area is 199 Å². The number of amides is 1. The van der Waals surface area contributed by atoms with E-state index in [2.05, 4.69) is 29.6 Å². The minimum absolute atomic E-state index is 0.0362. The molecule has 0 radical (unpaired) electrons. The van der Waals surface area contributed by atoms with Crippen LogP contribution in [0.4, 0.5) is 5.69 Å². The van der Waals surface area contributed by atoms with Crippen LogP contribution in [-0.2, 0) is 21.2 Å². The summed E-state index contributed by atoms with van der Waals surface area (Å²) in [5.41, 5.74) is 2.70. The van der Waals surface area contributed by atoms with Crippen LogP contribution in [0, 0.1) is 6.92 Å². The normalized spacial score (nSPS) is 11.2. The van der Waals surface area contributed by atoms with Crippen molar-refractivity contribution in [2.45, 2.75) is 24.7 Å². The average molecular weight is 491 g/mol. The highest BCUT2D eigenvalue weighted by Crippen LogP contribution is 2.26. The van der Waals surface area contributed by atoms with Crippen molar-refractivity contribution in [1.29, 1.82) is 0 Å². The number of rotatable bonds is 9. The molecule has 1 amide bonds. The summed E-state index contributed by atoms with van der Waals surface area (Å²) in [6, 6.07) is 20.5. The van der Waals surface area contributed by atoms with Gasteiger partial charge in [-0.2, -0.15) is 0 Å². The molecule has 0 saturated heterocycles. The predicted molar refractivity (Wildman–Crippen MR) is 130 cm³/mol. The molecule has 8 heteroatoms. The third kappa shape index (κ3) is 6.48. The van der Waals surface area contributed by atoms with E-state index in [0.717, 1.165) is 17.1 Å². The zero-order chi connectivity index (χ0) is 23.1. The summed E-state index contributed by atoms with van der Waals surface area (Å²) in [5, 5.41) is 3.61. The molecule has 1 N–H and O–H groups in total. The fourth-order valence-corrected chi connectivity index (χ4v) is 4.86. The first kappa shape index (κ1) is 24.1. The van der Waals surface area contributed by atoms with E-state index in [1.807, 2.05) is 6.92 Å². The fraction of sp³-hybridized carbons (Fsp3) is 0.208. The van der Waals surface area contributed by atoms with Crippen molar-refractivity contribution in [3.05, 3.63) is 94.0 Å². The summed E-state index contributed by atoms with van der Waals surface area (Å²) < 4.78 is 27.6. The Bertz CT molecular complexity index is 1160. The first-order valence-corrected chi connectivity index (χ1v) is 12.3. The summed E-state index contributed by atoms with van der Waals surface area (Å²) in [5.74, 6) is -0.397. The van der Waals surface area contributed by atoms with Crippen LogP contribution in [-0.4, -0.2) is 27.4 Å². The van der Waals surface area contributed by atoms with Crippen LogP contribution < -0.4 is 9.62 Å². The molecule has 0 atom stereocenters. The Hall–Kier alpha value is -2.54. The Morgan fingerprint density at radius 3 is 2.28 bits per heavy atom. The number of aryl methyl sites for hydroxylation is 2. The van der Waals surface area contributed by atoms with Gasteiger partial charge in [0.2, 0.25) is 5.91 Å². The van der Waals surface area contributed by atoms with E-state index in [-0.39, 0.29) is 11.4 Å². The van der Waals surface area contributed by atoms with Crippen molar-refractivity contribution in [2.24, 2.45) is 0 Å². The van der Waals surface area contributed by atoms with Crippen molar-refractivity contribution in [3.63, 3.8) is 0 Å². The number of anilines is 1. The van der Waals surface area contributed by atoms with Gasteiger partial charge in [-0.3, -0.25) is 9.10 Å². The van der Waals surface area contributed by atoms with Gasteiger partial charge in [0.15, 0.2) is 0 Å². The van der Waals surface area contributed by atoms with Crippen molar-refractivity contribution in [2.75, 3.05) is 17.4 Å². The molecule has 0 heterocycles. The van der Waals surface area contributed by atoms with Gasteiger partial charge in [-0.15, -0.1) is 0 Å². The number of hydrogen-bond donors (Lipinski definition) is 1. The Morgan fingerprint density at radius 1 is 0.938 bits per heavy atom. The van der Waals surface area contributed by atoms with Crippen LogP contribution in [0.5, 0.6) is 0 Å². The van der Waals surface area contributed by atoms with Crippen LogP contribution in [0.25, 0.3) is 0 Å². The lowest BCUT2D eigenvalue weighted by atomic mass is 10.1. The lowest BCUT2D eigenvalue weighted by molar-refractivity contribution is -0.119. The lowest BCUT2D eigenvalue weighted by Crippen LogP contribution is -2.41. The maximum absolute atomic E-state index is 13.3. The molecule has 168 valence electrons. The molecule has 0 bridgehead atoms. The lowest BCUT2D eigenvalue weighted by Gasteiger charge is -2.24. The molecule has 0 fully saturated rings. The minimum Gasteiger partial charge on any atom is -0.355 e. The van der Waals surface area contributed by atoms with Crippen LogP contribution in [0.15, 0.2) is 77.7 Å². The van der Waals surface area contributed by atoms with Crippen LogP contribution in [0.2, 0.25) is 10.0 Å². The van der Waals surface area contributed by atoms with Gasteiger partial charge >= 0.3 is 0 Å². The molecule has 0 saturated carbocycles. The van der Waals surface area contributed by atoms with E-state index in [1.165, 1.54) is 41.5 Å². The number of carbonyl (C=O) groups is 1. The van der Waals surface area contributed by atoms with Gasteiger partial charge in [0.1, 0.15) is 6.54 Å². The van der Waals surface area contributed by atoms with Gasteiger partial charge in [-0.25, -0.2) is 8.42 Å². The Balaban J connectivity index is 1.70. The fourth-order valence-electron chi connectivity index (χ4n) is 3.14. The van der Waals surface area contributed by atoms with E-state index >= 15 is 0 Å². The number of nitrogens with one attached hydrogen (secondary N) is 1. The van der Waals surface area contributed by atoms with Gasteiger partial charge in [0, 0.05) is 16.6 Å². The molecule has 3 rings (SSSR count). The molecule has 0 spiro atoms. The third-order valence-corrected chi connectivity index (χ3v) is 7.15. The van der Waals surface area contributed by atoms with E-state index in [9.17, 15) is 13.2 Å². The third-order valence-electron chi connectivity index (χ3n) is 4.87. The topological polar surface area (TPSA) is 66.5 Å². The summed E-state index contributed by atoms with van der Waals surface area (Å²) in [7, 11) is -4.01. The van der Waals surface area contributed by atoms with Gasteiger partial charge in [-0.05, 0) is 67.8 Å². The first-order valence-electron chi connectivity index (χ1n) is 10.1. The monoisotopic (exact) mass is 490 g/mol. The van der Waals surface area contributed by atoms with E-state index < -0.39 is 15.9 Å². The van der Waals surface area contributed by atoms with Crippen LogP contribution >= 0.6 is 23.2 Å². The summed E-state index contributed by atoms with van der Waals surface area (Å²) in [6.45, 7) is 2.11. The van der Waals surface area contributed by atoms with Gasteiger partial charge in [-0.1, -0.05) is 59.1 Å². The second-order valence-electron chi connectivity index (χ2n) is 7.38. The molecule has 0 aliphatic rings. The predicted octanol–water partition coefficient (Wildman–Crippen LogP) is 5.25. The maximum atomic E-state index is 13.3. The summed E-state index contributed by atoms with van der Waals surface area (Å²) >= 11 is 12.0. The zero-order valence-electron chi connectivity index (χ0n) is 17.6. The highest BCUT2D eigenvalue weighted by molar-refractivity contribution is 7.92. The summed E-state index contributed by atoms with van der Waals surface area (Å²) in [4.78, 5) is 12.7. The number of benzene rings is 3. The SMILES string of the molecule is Cc1ccc(CCCNC(=O)CN(c2cccc(Cl)c2)S(=O)(=O)c2ccc(Cl)cc2)cc1. The molecule has 3 aromatic carbocycles. The zero-order valence-corrected chi connectivity index (χ0v) is 19.9. The average Bonchev–Trinajstić information content (AvgIpc) is 2.76. The van der Waals surface area contributed by atoms with E-state index in [1.54, 1.807) is 18.2 Å². The second-order valence-corrected chi connectivity index (χ2v) is 10.1. The smallest absolute Gasteiger partial charge is 0.264 e. The minimum atomic E-state index is -4.01. The summed E-state index contributed by atoms with van der Waals surface area (Å²) in [6.07, 6.45) is 1.57. The van der Waals surface area contributed by atoms with Gasteiger partial charge in [0.25, 0.3) is 10.0 Å². The van der Waals surface area contributed by atoms with Crippen molar-refractivity contribution >= 4 is 44.8 Å². The van der Waals surface area contributed by atoms with Crippen LogP contribution in [0.1, 0.15) is 17.5 Å². The number of carbonyl (C=O) groups excluding carboxylic acids is 1. The molecule has 0 aromatic heterocycles. The van der Waals surface area contributed by atoms with E-state index in [4.69, 9.17) is 23.2 Å². The van der Waals surface area contributed by atoms with Gasteiger partial charge in [0.05, 0.1) is 10.6 Å². The van der Waals surface area contributed by atoms with E-state index in [0.29, 0.717) is 22.3 Å². The quantitative estimate of drug-likeness (QED) is 0.416. The number of halogens is 2. The molecule has 0 unspecified atom stereocenters. The largest absolute Gasteiger partial charge is 0.355 e. The molecular formula is C24H24Cl2N2O3S. The Morgan fingerprint density at radius 2 is 1.62 bits per heavy atom. The highest BCUT2D eigenvalue weighted by atomic mass is 35.5. The highest BCUT2D eigenvalue weighted by Gasteiger charge is 2.27. The number of hydrogen-bond acceptors (Lipinski definition) is 3. The Kier molecular flexibility index (Phi) is 8.18. The molecule has 0 aliphatic heterocycles. The standard InChI is InChI=1S/C24H24Cl2N2O3S/c1-18-7-9-19(10-8-18)4-3-15-27-24(29)17-28(22-6-2-5-21(26)16-22)32(30,31)23-13-11-20(25)12-14-23/h2,5-14,16H,3-4,15,17H2,1H3,(H,27,29). The number of sulfonamides is 1. The second kappa shape index (κ2) is 10.9.